The smallest absolute Gasteiger partial charge is 0.268 e. The first-order valence-electron chi connectivity index (χ1n) is 8.49. The van der Waals surface area contributed by atoms with E-state index < -0.39 is 0 Å². The highest BCUT2D eigenvalue weighted by Gasteiger charge is 2.27. The molecule has 0 saturated carbocycles. The van der Waals surface area contributed by atoms with Gasteiger partial charge in [0.25, 0.3) is 5.56 Å². The number of rotatable bonds is 4. The summed E-state index contributed by atoms with van der Waals surface area (Å²) in [6, 6.07) is 15.9. The molecule has 4 rings (SSSR count). The number of nitrogens with one attached hydrogen (secondary N) is 2. The van der Waals surface area contributed by atoms with Gasteiger partial charge in [-0.3, -0.25) is 15.0 Å². The van der Waals surface area contributed by atoms with Crippen LogP contribution < -0.4 is 15.0 Å². The molecule has 0 radical (unpaired) electrons. The number of benzene rings is 2. The average Bonchev–Trinajstić information content (AvgIpc) is 3.08. The fraction of sp³-hybridized carbons (Fsp3) is 0.190. The molecule has 0 bridgehead atoms. The van der Waals surface area contributed by atoms with Crippen molar-refractivity contribution in [1.82, 2.24) is 10.2 Å². The summed E-state index contributed by atoms with van der Waals surface area (Å²) in [6.45, 7) is 0. The van der Waals surface area contributed by atoms with E-state index in [-0.39, 0.29) is 11.5 Å². The SMILES string of the molecule is COc1ccc(C2=Cc3[nH][nH]c(=O)c3C(c3ccc(OC)cc3)C2)cc1. The zero-order valence-electron chi connectivity index (χ0n) is 14.7. The first-order valence-corrected chi connectivity index (χ1v) is 8.49. The predicted molar refractivity (Wildman–Crippen MR) is 102 cm³/mol. The van der Waals surface area contributed by atoms with E-state index in [1.54, 1.807) is 14.2 Å². The van der Waals surface area contributed by atoms with Gasteiger partial charge >= 0.3 is 0 Å². The number of methoxy groups -OCH3 is 2. The van der Waals surface area contributed by atoms with Crippen LogP contribution in [0.1, 0.15) is 34.7 Å². The van der Waals surface area contributed by atoms with Crippen LogP contribution in [0.5, 0.6) is 11.5 Å². The standard InChI is InChI=1S/C21H20N2O3/c1-25-16-7-3-13(4-8-16)15-11-18(14-5-9-17(26-2)10-6-14)20-19(12-15)22-23-21(20)24/h3-10,12,18H,11H2,1-2H3,(H2,22,23,24). The Bertz CT molecular complexity index is 995. The van der Waals surface area contributed by atoms with Crippen LogP contribution in [0.15, 0.2) is 53.3 Å². The average molecular weight is 348 g/mol. The third-order valence-electron chi connectivity index (χ3n) is 4.92. The molecule has 0 aliphatic heterocycles. The highest BCUT2D eigenvalue weighted by Crippen LogP contribution is 2.40. The molecular formula is C21H20N2O3. The number of H-pyrrole nitrogens is 2. The van der Waals surface area contributed by atoms with Gasteiger partial charge in [-0.1, -0.05) is 24.3 Å². The number of aromatic amines is 2. The topological polar surface area (TPSA) is 67.1 Å². The summed E-state index contributed by atoms with van der Waals surface area (Å²) in [7, 11) is 3.31. The Hall–Kier alpha value is -3.21. The van der Waals surface area contributed by atoms with Gasteiger partial charge in [0, 0.05) is 5.92 Å². The van der Waals surface area contributed by atoms with Crippen LogP contribution in [0.25, 0.3) is 11.6 Å². The normalized spacial score (nSPS) is 15.9. The number of hydrogen-bond donors (Lipinski definition) is 2. The van der Waals surface area contributed by atoms with Gasteiger partial charge in [-0.05, 0) is 53.5 Å². The second-order valence-electron chi connectivity index (χ2n) is 6.33. The van der Waals surface area contributed by atoms with Gasteiger partial charge in [-0.15, -0.1) is 0 Å². The molecular weight excluding hydrogens is 328 g/mol. The number of fused-ring (bicyclic) bond motifs is 1. The molecule has 132 valence electrons. The minimum Gasteiger partial charge on any atom is -0.497 e. The summed E-state index contributed by atoms with van der Waals surface area (Å²) >= 11 is 0. The maximum absolute atomic E-state index is 12.3. The molecule has 26 heavy (non-hydrogen) atoms. The van der Waals surface area contributed by atoms with Crippen molar-refractivity contribution in [2.24, 2.45) is 0 Å². The molecule has 5 nitrogen and oxygen atoms in total. The number of hydrogen-bond acceptors (Lipinski definition) is 3. The summed E-state index contributed by atoms with van der Waals surface area (Å²) in [5.41, 5.74) is 4.95. The van der Waals surface area contributed by atoms with E-state index in [1.165, 1.54) is 5.57 Å². The zero-order valence-corrected chi connectivity index (χ0v) is 14.7. The quantitative estimate of drug-likeness (QED) is 0.754. The summed E-state index contributed by atoms with van der Waals surface area (Å²) < 4.78 is 10.5. The Morgan fingerprint density at radius 1 is 0.885 bits per heavy atom. The zero-order chi connectivity index (χ0) is 18.1. The van der Waals surface area contributed by atoms with Crippen molar-refractivity contribution in [1.29, 1.82) is 0 Å². The second kappa shape index (κ2) is 6.59. The van der Waals surface area contributed by atoms with Crippen molar-refractivity contribution >= 4 is 11.6 Å². The Kier molecular flexibility index (Phi) is 4.13. The van der Waals surface area contributed by atoms with E-state index in [0.717, 1.165) is 40.3 Å². The number of ether oxygens (including phenoxy) is 2. The lowest BCUT2D eigenvalue weighted by atomic mass is 9.80. The van der Waals surface area contributed by atoms with Crippen LogP contribution in [0, 0.1) is 0 Å². The van der Waals surface area contributed by atoms with E-state index in [9.17, 15) is 4.79 Å². The van der Waals surface area contributed by atoms with Gasteiger partial charge in [-0.2, -0.15) is 0 Å². The maximum Gasteiger partial charge on any atom is 0.268 e. The van der Waals surface area contributed by atoms with Gasteiger partial charge in [0.2, 0.25) is 0 Å². The Balaban J connectivity index is 1.76. The summed E-state index contributed by atoms with van der Waals surface area (Å²) in [5.74, 6) is 1.62. The molecule has 2 N–H and O–H groups in total. The van der Waals surface area contributed by atoms with Crippen molar-refractivity contribution in [2.45, 2.75) is 12.3 Å². The fourth-order valence-corrected chi connectivity index (χ4v) is 3.52. The molecule has 1 atom stereocenters. The molecule has 1 aliphatic carbocycles. The molecule has 0 fully saturated rings. The summed E-state index contributed by atoms with van der Waals surface area (Å²) in [4.78, 5) is 12.3. The minimum absolute atomic E-state index is 0.00647. The maximum atomic E-state index is 12.3. The highest BCUT2D eigenvalue weighted by atomic mass is 16.5. The third kappa shape index (κ3) is 2.81. The Morgan fingerprint density at radius 2 is 1.50 bits per heavy atom. The molecule has 0 amide bonds. The third-order valence-corrected chi connectivity index (χ3v) is 4.92. The van der Waals surface area contributed by atoms with Crippen LogP contribution in [0.3, 0.4) is 0 Å². The largest absolute Gasteiger partial charge is 0.497 e. The van der Waals surface area contributed by atoms with Gasteiger partial charge in [-0.25, -0.2) is 0 Å². The summed E-state index contributed by atoms with van der Waals surface area (Å²) in [5, 5.41) is 5.73. The van der Waals surface area contributed by atoms with Crippen molar-refractivity contribution in [3.05, 3.63) is 81.3 Å². The van der Waals surface area contributed by atoms with Gasteiger partial charge < -0.3 is 9.47 Å². The highest BCUT2D eigenvalue weighted by molar-refractivity contribution is 5.84. The van der Waals surface area contributed by atoms with Crippen molar-refractivity contribution < 1.29 is 9.47 Å². The molecule has 0 saturated heterocycles. The lowest BCUT2D eigenvalue weighted by molar-refractivity contribution is 0.414. The number of allylic oxidation sites excluding steroid dienone is 1. The van der Waals surface area contributed by atoms with Crippen LogP contribution in [-0.2, 0) is 0 Å². The Labute approximate surface area is 151 Å². The molecule has 2 aromatic carbocycles. The second-order valence-corrected chi connectivity index (χ2v) is 6.33. The van der Waals surface area contributed by atoms with Gasteiger partial charge in [0.1, 0.15) is 11.5 Å². The van der Waals surface area contributed by atoms with Crippen LogP contribution in [0.2, 0.25) is 0 Å². The predicted octanol–water partition coefficient (Wildman–Crippen LogP) is 3.80. The van der Waals surface area contributed by atoms with Crippen LogP contribution in [-0.4, -0.2) is 24.4 Å². The fourth-order valence-electron chi connectivity index (χ4n) is 3.52. The van der Waals surface area contributed by atoms with Crippen LogP contribution >= 0.6 is 0 Å². The molecule has 1 unspecified atom stereocenters. The van der Waals surface area contributed by atoms with E-state index >= 15 is 0 Å². The first kappa shape index (κ1) is 16.3. The first-order chi connectivity index (χ1) is 12.7. The molecule has 1 aromatic heterocycles. The van der Waals surface area contributed by atoms with Crippen molar-refractivity contribution in [3.63, 3.8) is 0 Å². The molecule has 1 heterocycles. The van der Waals surface area contributed by atoms with Crippen molar-refractivity contribution in [2.75, 3.05) is 14.2 Å². The molecule has 3 aromatic rings. The van der Waals surface area contributed by atoms with Gasteiger partial charge in [0.05, 0.1) is 25.5 Å². The lowest BCUT2D eigenvalue weighted by Crippen LogP contribution is -2.16. The molecule has 0 spiro atoms. The van der Waals surface area contributed by atoms with Crippen molar-refractivity contribution in [3.8, 4) is 11.5 Å². The van der Waals surface area contributed by atoms with E-state index in [1.807, 2.05) is 48.5 Å². The number of aromatic nitrogens is 2. The Morgan fingerprint density at radius 3 is 2.12 bits per heavy atom. The molecule has 5 heteroatoms. The van der Waals surface area contributed by atoms with E-state index in [4.69, 9.17) is 9.47 Å². The monoisotopic (exact) mass is 348 g/mol. The van der Waals surface area contributed by atoms with E-state index in [2.05, 4.69) is 16.3 Å². The van der Waals surface area contributed by atoms with E-state index in [0.29, 0.717) is 0 Å². The lowest BCUT2D eigenvalue weighted by Gasteiger charge is -2.23. The molecule has 1 aliphatic rings. The van der Waals surface area contributed by atoms with Gasteiger partial charge in [0.15, 0.2) is 0 Å². The van der Waals surface area contributed by atoms with Crippen LogP contribution in [0.4, 0.5) is 0 Å². The minimum atomic E-state index is -0.0640. The summed E-state index contributed by atoms with van der Waals surface area (Å²) in [6.07, 6.45) is 2.81.